The van der Waals surface area contributed by atoms with Gasteiger partial charge in [-0.1, -0.05) is 51.1 Å². The summed E-state index contributed by atoms with van der Waals surface area (Å²) in [6.45, 7) is 13.1. The third-order valence-corrected chi connectivity index (χ3v) is 5.98. The van der Waals surface area contributed by atoms with Crippen molar-refractivity contribution < 1.29 is 14.3 Å². The molecule has 0 unspecified atom stereocenters. The average Bonchev–Trinajstić information content (AvgIpc) is 3.13. The number of nitrogens with zero attached hydrogens (tertiary/aromatic N) is 2. The molecule has 0 spiro atoms. The number of ether oxygens (including phenoxy) is 1. The Morgan fingerprint density at radius 2 is 1.69 bits per heavy atom. The third kappa shape index (κ3) is 9.53. The van der Waals surface area contributed by atoms with Crippen molar-refractivity contribution in [2.45, 2.75) is 60.5 Å². The molecule has 0 bridgehead atoms. The van der Waals surface area contributed by atoms with Gasteiger partial charge in [-0.25, -0.2) is 0 Å². The van der Waals surface area contributed by atoms with Crippen molar-refractivity contribution in [1.29, 1.82) is 0 Å². The Balaban J connectivity index is 2.15. The summed E-state index contributed by atoms with van der Waals surface area (Å²) in [5.74, 6) is -0.00690. The molecule has 0 aliphatic rings. The van der Waals surface area contributed by atoms with E-state index in [-0.39, 0.29) is 23.8 Å². The van der Waals surface area contributed by atoms with E-state index in [1.165, 1.54) is 4.88 Å². The maximum absolute atomic E-state index is 13.4. The zero-order valence-electron chi connectivity index (χ0n) is 20.2. The van der Waals surface area contributed by atoms with Crippen molar-refractivity contribution in [2.24, 2.45) is 5.41 Å². The molecule has 0 fully saturated rings. The van der Waals surface area contributed by atoms with Gasteiger partial charge in [0.15, 0.2) is 0 Å². The Morgan fingerprint density at radius 3 is 2.28 bits per heavy atom. The van der Waals surface area contributed by atoms with Crippen LogP contribution in [-0.4, -0.2) is 47.9 Å². The van der Waals surface area contributed by atoms with Gasteiger partial charge >= 0.3 is 0 Å². The molecule has 1 aromatic heterocycles. The number of aryl methyl sites for hydroxylation is 1. The topological polar surface area (TPSA) is 49.9 Å². The lowest BCUT2D eigenvalue weighted by atomic mass is 9.91. The minimum Gasteiger partial charge on any atom is -0.382 e. The summed E-state index contributed by atoms with van der Waals surface area (Å²) in [6.07, 6.45) is 1.14. The molecule has 2 aromatic rings. The minimum absolute atomic E-state index is 0.0222. The maximum atomic E-state index is 13.4. The van der Waals surface area contributed by atoms with E-state index in [1.807, 2.05) is 62.9 Å². The predicted molar refractivity (Wildman–Crippen MR) is 132 cm³/mol. The molecule has 0 aliphatic carbocycles. The molecule has 0 N–H and O–H groups in total. The van der Waals surface area contributed by atoms with E-state index < -0.39 is 0 Å². The second kappa shape index (κ2) is 12.8. The van der Waals surface area contributed by atoms with Crippen molar-refractivity contribution >= 4 is 23.2 Å². The number of benzene rings is 1. The summed E-state index contributed by atoms with van der Waals surface area (Å²) >= 11 is 1.71. The average molecular weight is 459 g/mol. The molecule has 2 amide bonds. The van der Waals surface area contributed by atoms with Gasteiger partial charge in [-0.05, 0) is 43.4 Å². The first-order valence-electron chi connectivity index (χ1n) is 11.4. The van der Waals surface area contributed by atoms with E-state index >= 15 is 0 Å². The van der Waals surface area contributed by atoms with Crippen molar-refractivity contribution in [3.63, 3.8) is 0 Å². The standard InChI is InChI=1S/C26H38N2O3S/c1-6-31-16-10-15-27(24(29)17-26(3,4)5)20-25(30)28(18-22-11-8-7-9-12-22)19-23-14-13-21(2)32-23/h7-9,11-14H,6,10,15-20H2,1-5H3. The fraction of sp³-hybridized carbons (Fsp3) is 0.538. The third-order valence-electron chi connectivity index (χ3n) is 4.99. The van der Waals surface area contributed by atoms with Gasteiger partial charge < -0.3 is 14.5 Å². The molecular formula is C26H38N2O3S. The number of thiophene rings is 1. The first kappa shape index (κ1) is 26.1. The highest BCUT2D eigenvalue weighted by Gasteiger charge is 2.25. The van der Waals surface area contributed by atoms with E-state index in [0.29, 0.717) is 39.3 Å². The summed E-state index contributed by atoms with van der Waals surface area (Å²) < 4.78 is 5.45. The molecule has 5 nitrogen and oxygen atoms in total. The van der Waals surface area contributed by atoms with Gasteiger partial charge in [0.2, 0.25) is 11.8 Å². The summed E-state index contributed by atoms with van der Waals surface area (Å²) in [5, 5.41) is 0. The Morgan fingerprint density at radius 1 is 0.969 bits per heavy atom. The lowest BCUT2D eigenvalue weighted by Crippen LogP contribution is -2.43. The number of hydrogen-bond acceptors (Lipinski definition) is 4. The number of carbonyl (C=O) groups is 2. The zero-order valence-corrected chi connectivity index (χ0v) is 21.0. The van der Waals surface area contributed by atoms with Gasteiger partial charge in [0.1, 0.15) is 0 Å². The van der Waals surface area contributed by atoms with Crippen molar-refractivity contribution in [2.75, 3.05) is 26.3 Å². The Bertz CT molecular complexity index is 842. The Labute approximate surface area is 197 Å². The molecular weight excluding hydrogens is 420 g/mol. The molecule has 0 saturated heterocycles. The smallest absolute Gasteiger partial charge is 0.242 e. The van der Waals surface area contributed by atoms with Crippen LogP contribution in [-0.2, 0) is 27.4 Å². The summed E-state index contributed by atoms with van der Waals surface area (Å²) in [4.78, 5) is 32.4. The molecule has 1 aromatic carbocycles. The van der Waals surface area contributed by atoms with Gasteiger partial charge in [0.05, 0.1) is 13.1 Å². The van der Waals surface area contributed by atoms with Gasteiger partial charge in [0, 0.05) is 42.5 Å². The summed E-state index contributed by atoms with van der Waals surface area (Å²) in [5.41, 5.74) is 0.953. The lowest BCUT2D eigenvalue weighted by Gasteiger charge is -2.29. The molecule has 0 atom stereocenters. The van der Waals surface area contributed by atoms with E-state index in [9.17, 15) is 9.59 Å². The molecule has 6 heteroatoms. The normalized spacial score (nSPS) is 11.4. The molecule has 0 aliphatic heterocycles. The monoisotopic (exact) mass is 458 g/mol. The predicted octanol–water partition coefficient (Wildman–Crippen LogP) is 5.28. The molecule has 0 saturated carbocycles. The van der Waals surface area contributed by atoms with Crippen LogP contribution in [0.2, 0.25) is 0 Å². The molecule has 32 heavy (non-hydrogen) atoms. The summed E-state index contributed by atoms with van der Waals surface area (Å²) in [7, 11) is 0. The van der Waals surface area contributed by atoms with Crippen LogP contribution in [0.4, 0.5) is 0 Å². The summed E-state index contributed by atoms with van der Waals surface area (Å²) in [6, 6.07) is 14.2. The number of amides is 2. The SMILES string of the molecule is CCOCCCN(CC(=O)N(Cc1ccccc1)Cc1ccc(C)s1)C(=O)CC(C)(C)C. The van der Waals surface area contributed by atoms with Crippen LogP contribution in [0.5, 0.6) is 0 Å². The first-order valence-corrected chi connectivity index (χ1v) is 12.2. The second-order valence-electron chi connectivity index (χ2n) is 9.35. The first-order chi connectivity index (χ1) is 15.2. The van der Waals surface area contributed by atoms with E-state index in [2.05, 4.69) is 19.1 Å². The number of hydrogen-bond donors (Lipinski definition) is 0. The number of carbonyl (C=O) groups excluding carboxylic acids is 2. The fourth-order valence-electron chi connectivity index (χ4n) is 3.42. The van der Waals surface area contributed by atoms with Crippen LogP contribution < -0.4 is 0 Å². The van der Waals surface area contributed by atoms with Gasteiger partial charge in [-0.3, -0.25) is 9.59 Å². The minimum atomic E-state index is -0.128. The van der Waals surface area contributed by atoms with Gasteiger partial charge in [-0.15, -0.1) is 11.3 Å². The van der Waals surface area contributed by atoms with Crippen LogP contribution in [0, 0.1) is 12.3 Å². The van der Waals surface area contributed by atoms with Crippen LogP contribution in [0.25, 0.3) is 0 Å². The fourth-order valence-corrected chi connectivity index (χ4v) is 4.32. The highest BCUT2D eigenvalue weighted by Crippen LogP contribution is 2.21. The van der Waals surface area contributed by atoms with E-state index in [1.54, 1.807) is 16.2 Å². The Kier molecular flexibility index (Phi) is 10.4. The van der Waals surface area contributed by atoms with E-state index in [4.69, 9.17) is 4.74 Å². The highest BCUT2D eigenvalue weighted by atomic mass is 32.1. The molecule has 0 radical (unpaired) electrons. The Hall–Kier alpha value is -2.18. The van der Waals surface area contributed by atoms with Crippen LogP contribution in [0.3, 0.4) is 0 Å². The number of rotatable bonds is 12. The zero-order chi connectivity index (χ0) is 23.6. The highest BCUT2D eigenvalue weighted by molar-refractivity contribution is 7.11. The maximum Gasteiger partial charge on any atom is 0.242 e. The molecule has 1 heterocycles. The van der Waals surface area contributed by atoms with Gasteiger partial charge in [-0.2, -0.15) is 0 Å². The van der Waals surface area contributed by atoms with Crippen molar-refractivity contribution in [3.8, 4) is 0 Å². The van der Waals surface area contributed by atoms with E-state index in [0.717, 1.165) is 16.9 Å². The van der Waals surface area contributed by atoms with Crippen molar-refractivity contribution in [3.05, 3.63) is 57.8 Å². The van der Waals surface area contributed by atoms with Gasteiger partial charge in [0.25, 0.3) is 0 Å². The largest absolute Gasteiger partial charge is 0.382 e. The van der Waals surface area contributed by atoms with Crippen LogP contribution in [0.1, 0.15) is 55.9 Å². The van der Waals surface area contributed by atoms with Crippen LogP contribution >= 0.6 is 11.3 Å². The lowest BCUT2D eigenvalue weighted by molar-refractivity contribution is -0.142. The van der Waals surface area contributed by atoms with Crippen molar-refractivity contribution in [1.82, 2.24) is 9.80 Å². The molecule has 176 valence electrons. The molecule has 2 rings (SSSR count). The second-order valence-corrected chi connectivity index (χ2v) is 10.7. The van der Waals surface area contributed by atoms with Crippen LogP contribution in [0.15, 0.2) is 42.5 Å². The quantitative estimate of drug-likeness (QED) is 0.407.